The number of anilines is 3. The number of benzene rings is 6. The molecule has 3 saturated carbocycles. The van der Waals surface area contributed by atoms with E-state index in [-0.39, 0.29) is 10.8 Å². The Bertz CT molecular complexity index is 2630. The zero-order chi connectivity index (χ0) is 35.6. The van der Waals surface area contributed by atoms with Crippen LogP contribution >= 0.6 is 0 Å². The van der Waals surface area contributed by atoms with Gasteiger partial charge in [-0.2, -0.15) is 0 Å². The molecule has 7 aromatic rings. The van der Waals surface area contributed by atoms with Gasteiger partial charge in [0.1, 0.15) is 11.2 Å². The number of nitrogens with zero attached hydrogens (tertiary/aromatic N) is 1. The molecule has 5 aliphatic rings. The van der Waals surface area contributed by atoms with Crippen LogP contribution in [-0.2, 0) is 10.8 Å². The van der Waals surface area contributed by atoms with Crippen LogP contribution in [0.4, 0.5) is 17.1 Å². The summed E-state index contributed by atoms with van der Waals surface area (Å²) < 4.78 is 6.37. The number of furan rings is 1. The topological polar surface area (TPSA) is 16.4 Å². The highest BCUT2D eigenvalue weighted by Crippen LogP contribution is 2.65. The monoisotopic (exact) mass is 701 g/mol. The van der Waals surface area contributed by atoms with Crippen LogP contribution in [0.5, 0.6) is 0 Å². The van der Waals surface area contributed by atoms with Gasteiger partial charge in [0, 0.05) is 38.7 Å². The summed E-state index contributed by atoms with van der Waals surface area (Å²) in [5.41, 5.74) is 17.8. The number of para-hydroxylation sites is 1. The third kappa shape index (κ3) is 4.07. The minimum Gasteiger partial charge on any atom is -0.456 e. The molecule has 1 heterocycles. The minimum atomic E-state index is 0.0652. The molecule has 0 radical (unpaired) electrons. The van der Waals surface area contributed by atoms with Crippen molar-refractivity contribution in [3.63, 3.8) is 0 Å². The maximum absolute atomic E-state index is 6.37. The van der Waals surface area contributed by atoms with Gasteiger partial charge < -0.3 is 9.32 Å². The Morgan fingerprint density at radius 1 is 0.556 bits per heavy atom. The normalized spacial score (nSPS) is 24.2. The Balaban J connectivity index is 1.10. The van der Waals surface area contributed by atoms with Crippen molar-refractivity contribution in [3.8, 4) is 22.3 Å². The molecule has 54 heavy (non-hydrogen) atoms. The van der Waals surface area contributed by atoms with Crippen LogP contribution in [0.1, 0.15) is 93.4 Å². The molecule has 2 spiro atoms. The average molecular weight is 702 g/mol. The van der Waals surface area contributed by atoms with Gasteiger partial charge >= 0.3 is 0 Å². The van der Waals surface area contributed by atoms with Crippen LogP contribution in [0.15, 0.2) is 132 Å². The molecular weight excluding hydrogens is 655 g/mol. The van der Waals surface area contributed by atoms with Crippen molar-refractivity contribution in [2.24, 2.45) is 17.8 Å². The maximum atomic E-state index is 6.37. The second kappa shape index (κ2) is 11.5. The van der Waals surface area contributed by atoms with E-state index in [2.05, 4.69) is 139 Å². The largest absolute Gasteiger partial charge is 0.456 e. The standard InChI is InChI=1S/C52H47NO/c1-2-34-28-33-12-11-13-35(29-33)52(34)47-18-7-4-14-39(47)41-23-20-38(32-48(41)52)53(37-22-25-50-44(31-37)42-16-5-8-19-49(42)54-50)36-21-24-46-43(30-36)40-15-3-6-17-45(40)51(46)26-9-10-27-51/h3-8,14-25,30-35H,2,9-13,26-29H2,1H3. The zero-order valence-electron chi connectivity index (χ0n) is 31.3. The van der Waals surface area contributed by atoms with Crippen LogP contribution in [0.25, 0.3) is 44.2 Å². The molecule has 4 unspecified atom stereocenters. The van der Waals surface area contributed by atoms with Gasteiger partial charge in [-0.05, 0) is 143 Å². The van der Waals surface area contributed by atoms with Crippen LogP contribution in [-0.4, -0.2) is 0 Å². The number of hydrogen-bond donors (Lipinski definition) is 0. The summed E-state index contributed by atoms with van der Waals surface area (Å²) in [6, 6.07) is 49.1. The fourth-order valence-electron chi connectivity index (χ4n) is 13.1. The summed E-state index contributed by atoms with van der Waals surface area (Å²) in [5.74, 6) is 2.22. The Morgan fingerprint density at radius 2 is 1.22 bits per heavy atom. The molecule has 2 bridgehead atoms. The summed E-state index contributed by atoms with van der Waals surface area (Å²) in [6.07, 6.45) is 13.2. The number of rotatable bonds is 4. The molecule has 3 fully saturated rings. The minimum absolute atomic E-state index is 0.0652. The zero-order valence-corrected chi connectivity index (χ0v) is 31.3. The van der Waals surface area contributed by atoms with Crippen molar-refractivity contribution in [2.45, 2.75) is 82.0 Å². The summed E-state index contributed by atoms with van der Waals surface area (Å²) in [4.78, 5) is 2.56. The fraction of sp³-hybridized carbons (Fsp3) is 0.308. The first-order chi connectivity index (χ1) is 26.7. The van der Waals surface area contributed by atoms with Crippen molar-refractivity contribution in [3.05, 3.63) is 150 Å². The Kier molecular flexibility index (Phi) is 6.64. The second-order valence-electron chi connectivity index (χ2n) is 17.4. The van der Waals surface area contributed by atoms with Crippen LogP contribution in [0, 0.1) is 17.8 Å². The van der Waals surface area contributed by atoms with E-state index in [0.29, 0.717) is 11.8 Å². The molecule has 0 aliphatic heterocycles. The molecule has 4 atom stereocenters. The number of hydrogen-bond acceptors (Lipinski definition) is 2. The molecule has 0 saturated heterocycles. The van der Waals surface area contributed by atoms with Gasteiger partial charge in [0.15, 0.2) is 0 Å². The van der Waals surface area contributed by atoms with E-state index in [9.17, 15) is 0 Å². The van der Waals surface area contributed by atoms with Gasteiger partial charge in [0.2, 0.25) is 0 Å². The third-order valence-electron chi connectivity index (χ3n) is 15.1. The van der Waals surface area contributed by atoms with Crippen molar-refractivity contribution in [2.75, 3.05) is 4.90 Å². The summed E-state index contributed by atoms with van der Waals surface area (Å²) in [6.45, 7) is 2.47. The molecule has 0 amide bonds. The number of fused-ring (bicyclic) bond motifs is 16. The lowest BCUT2D eigenvalue weighted by molar-refractivity contribution is 0.0557. The third-order valence-corrected chi connectivity index (χ3v) is 15.1. The molecule has 0 N–H and O–H groups in total. The fourth-order valence-corrected chi connectivity index (χ4v) is 13.1. The summed E-state index contributed by atoms with van der Waals surface area (Å²) in [5, 5.41) is 2.34. The summed E-state index contributed by atoms with van der Waals surface area (Å²) in [7, 11) is 0. The van der Waals surface area contributed by atoms with E-state index in [1.165, 1.54) is 120 Å². The van der Waals surface area contributed by atoms with Crippen molar-refractivity contribution >= 4 is 39.0 Å². The van der Waals surface area contributed by atoms with Gasteiger partial charge in [0.05, 0.1) is 0 Å². The second-order valence-corrected chi connectivity index (χ2v) is 17.4. The van der Waals surface area contributed by atoms with E-state index in [0.717, 1.165) is 17.1 Å². The first kappa shape index (κ1) is 31.3. The van der Waals surface area contributed by atoms with Crippen molar-refractivity contribution in [1.29, 1.82) is 0 Å². The molecule has 2 nitrogen and oxygen atoms in total. The molecule has 2 heteroatoms. The Morgan fingerprint density at radius 3 is 2.09 bits per heavy atom. The van der Waals surface area contributed by atoms with Gasteiger partial charge in [-0.15, -0.1) is 0 Å². The van der Waals surface area contributed by atoms with E-state index in [4.69, 9.17) is 4.42 Å². The molecule has 5 aliphatic carbocycles. The lowest BCUT2D eigenvalue weighted by Gasteiger charge is -2.54. The Hall–Kier alpha value is -5.08. The molecular formula is C52H47NO. The smallest absolute Gasteiger partial charge is 0.135 e. The molecule has 12 rings (SSSR count). The van der Waals surface area contributed by atoms with E-state index in [1.54, 1.807) is 16.7 Å². The van der Waals surface area contributed by atoms with Crippen molar-refractivity contribution in [1.82, 2.24) is 0 Å². The van der Waals surface area contributed by atoms with Gasteiger partial charge in [-0.1, -0.05) is 118 Å². The molecule has 6 aromatic carbocycles. The average Bonchev–Trinajstić information content (AvgIpc) is 3.99. The van der Waals surface area contributed by atoms with Crippen molar-refractivity contribution < 1.29 is 4.42 Å². The maximum Gasteiger partial charge on any atom is 0.135 e. The highest BCUT2D eigenvalue weighted by Gasteiger charge is 2.56. The lowest BCUT2D eigenvalue weighted by Crippen LogP contribution is -2.48. The van der Waals surface area contributed by atoms with Crippen LogP contribution in [0.2, 0.25) is 0 Å². The predicted octanol–water partition coefficient (Wildman–Crippen LogP) is 14.4. The van der Waals surface area contributed by atoms with Gasteiger partial charge in [0.25, 0.3) is 0 Å². The van der Waals surface area contributed by atoms with Crippen LogP contribution in [0.3, 0.4) is 0 Å². The summed E-state index contributed by atoms with van der Waals surface area (Å²) >= 11 is 0. The van der Waals surface area contributed by atoms with E-state index >= 15 is 0 Å². The predicted molar refractivity (Wildman–Crippen MR) is 223 cm³/mol. The SMILES string of the molecule is CCC1CC2CCCC(C2)C12c1ccccc1-c1ccc(N(c3ccc4c(c3)-c3ccccc3C43CCCC3)c3ccc4oc5ccccc5c4c3)cc12. The Labute approximate surface area is 318 Å². The molecule has 1 aromatic heterocycles. The first-order valence-electron chi connectivity index (χ1n) is 20.9. The highest BCUT2D eigenvalue weighted by molar-refractivity contribution is 6.06. The van der Waals surface area contributed by atoms with E-state index in [1.807, 2.05) is 0 Å². The molecule has 266 valence electrons. The lowest BCUT2D eigenvalue weighted by atomic mass is 9.50. The van der Waals surface area contributed by atoms with Gasteiger partial charge in [-0.3, -0.25) is 0 Å². The first-order valence-corrected chi connectivity index (χ1v) is 20.9. The van der Waals surface area contributed by atoms with Gasteiger partial charge in [-0.25, -0.2) is 0 Å². The quantitative estimate of drug-likeness (QED) is 0.182. The van der Waals surface area contributed by atoms with Crippen LogP contribution < -0.4 is 4.90 Å². The highest BCUT2D eigenvalue weighted by atomic mass is 16.3. The van der Waals surface area contributed by atoms with E-state index < -0.39 is 0 Å².